The number of carbonyl (C=O) groups is 1. The minimum Gasteiger partial charge on any atom is -0.369 e. The van der Waals surface area contributed by atoms with E-state index in [1.807, 2.05) is 6.07 Å². The van der Waals surface area contributed by atoms with Crippen LogP contribution in [0.4, 0.5) is 0 Å². The predicted molar refractivity (Wildman–Crippen MR) is 60.8 cm³/mol. The Balaban J connectivity index is 2.08. The molecule has 0 aliphatic carbocycles. The van der Waals surface area contributed by atoms with Crippen molar-refractivity contribution >= 4 is 5.91 Å². The van der Waals surface area contributed by atoms with E-state index < -0.39 is 0 Å². The van der Waals surface area contributed by atoms with Crippen LogP contribution in [0.15, 0.2) is 12.3 Å². The molecule has 1 saturated heterocycles. The molecule has 0 aromatic carbocycles. The minimum absolute atomic E-state index is 0.0597. The van der Waals surface area contributed by atoms with Gasteiger partial charge in [0.15, 0.2) is 0 Å². The lowest BCUT2D eigenvalue weighted by molar-refractivity contribution is -0.119. The molecule has 1 aromatic rings. The number of carbonyl (C=O) groups excluding carboxylic acids is 1. The van der Waals surface area contributed by atoms with Gasteiger partial charge in [-0.05, 0) is 25.5 Å². The molecule has 16 heavy (non-hydrogen) atoms. The van der Waals surface area contributed by atoms with E-state index in [0.29, 0.717) is 6.54 Å². The van der Waals surface area contributed by atoms with Gasteiger partial charge in [-0.3, -0.25) is 14.8 Å². The van der Waals surface area contributed by atoms with Crippen molar-refractivity contribution in [1.82, 2.24) is 15.1 Å². The summed E-state index contributed by atoms with van der Waals surface area (Å²) < 4.78 is 0. The molecule has 0 bridgehead atoms. The SMILES string of the molecule is CC1(c2ccn[nH]2)CCCN(CC(N)=O)C1. The Morgan fingerprint density at radius 3 is 3.19 bits per heavy atom. The highest BCUT2D eigenvalue weighted by Crippen LogP contribution is 2.31. The van der Waals surface area contributed by atoms with Crippen LogP contribution in [-0.4, -0.2) is 40.6 Å². The van der Waals surface area contributed by atoms with Crippen molar-refractivity contribution in [3.63, 3.8) is 0 Å². The molecule has 1 aliphatic heterocycles. The first-order valence-corrected chi connectivity index (χ1v) is 5.61. The summed E-state index contributed by atoms with van der Waals surface area (Å²) in [7, 11) is 0. The van der Waals surface area contributed by atoms with E-state index in [1.165, 1.54) is 0 Å². The second-order valence-electron chi connectivity index (χ2n) is 4.81. The summed E-state index contributed by atoms with van der Waals surface area (Å²) >= 11 is 0. The lowest BCUT2D eigenvalue weighted by Crippen LogP contribution is -2.47. The summed E-state index contributed by atoms with van der Waals surface area (Å²) in [5.74, 6) is -0.256. The van der Waals surface area contributed by atoms with Crippen molar-refractivity contribution in [1.29, 1.82) is 0 Å². The van der Waals surface area contributed by atoms with Gasteiger partial charge in [-0.25, -0.2) is 0 Å². The van der Waals surface area contributed by atoms with Gasteiger partial charge in [-0.15, -0.1) is 0 Å². The van der Waals surface area contributed by atoms with Crippen molar-refractivity contribution in [2.45, 2.75) is 25.2 Å². The Bertz CT molecular complexity index is 362. The fourth-order valence-electron chi connectivity index (χ4n) is 2.51. The van der Waals surface area contributed by atoms with Gasteiger partial charge in [-0.1, -0.05) is 6.92 Å². The quantitative estimate of drug-likeness (QED) is 0.769. The number of likely N-dealkylation sites (tertiary alicyclic amines) is 1. The number of hydrogen-bond donors (Lipinski definition) is 2. The Morgan fingerprint density at radius 2 is 2.56 bits per heavy atom. The van der Waals surface area contributed by atoms with E-state index >= 15 is 0 Å². The molecule has 0 saturated carbocycles. The summed E-state index contributed by atoms with van der Waals surface area (Å²) in [6, 6.07) is 2.01. The van der Waals surface area contributed by atoms with Gasteiger partial charge < -0.3 is 5.73 Å². The fraction of sp³-hybridized carbons (Fsp3) is 0.636. The average Bonchev–Trinajstić information content (AvgIpc) is 2.69. The number of amides is 1. The maximum absolute atomic E-state index is 10.9. The molecule has 1 atom stereocenters. The van der Waals surface area contributed by atoms with Crippen molar-refractivity contribution < 1.29 is 4.79 Å². The highest BCUT2D eigenvalue weighted by atomic mass is 16.1. The van der Waals surface area contributed by atoms with Crippen LogP contribution in [0.5, 0.6) is 0 Å². The van der Waals surface area contributed by atoms with Crippen LogP contribution >= 0.6 is 0 Å². The van der Waals surface area contributed by atoms with Gasteiger partial charge in [0.25, 0.3) is 0 Å². The van der Waals surface area contributed by atoms with Crippen LogP contribution in [0.25, 0.3) is 0 Å². The molecule has 2 heterocycles. The molecule has 1 amide bonds. The van der Waals surface area contributed by atoms with Crippen molar-refractivity contribution in [2.24, 2.45) is 5.73 Å². The Hall–Kier alpha value is -1.36. The number of primary amides is 1. The van der Waals surface area contributed by atoms with Crippen LogP contribution in [-0.2, 0) is 10.2 Å². The number of rotatable bonds is 3. The maximum Gasteiger partial charge on any atom is 0.231 e. The molecule has 1 aromatic heterocycles. The van der Waals surface area contributed by atoms with Gasteiger partial charge in [0.05, 0.1) is 6.54 Å². The topological polar surface area (TPSA) is 75.0 Å². The number of nitrogens with one attached hydrogen (secondary N) is 1. The molecule has 0 radical (unpaired) electrons. The lowest BCUT2D eigenvalue weighted by atomic mass is 9.79. The van der Waals surface area contributed by atoms with Crippen LogP contribution in [0.3, 0.4) is 0 Å². The van der Waals surface area contributed by atoms with E-state index in [1.54, 1.807) is 6.20 Å². The molecule has 0 spiro atoms. The number of aromatic amines is 1. The van der Waals surface area contributed by atoms with Gasteiger partial charge in [-0.2, -0.15) is 5.10 Å². The smallest absolute Gasteiger partial charge is 0.231 e. The highest BCUT2D eigenvalue weighted by Gasteiger charge is 2.33. The molecule has 2 rings (SSSR count). The molecule has 5 nitrogen and oxygen atoms in total. The zero-order valence-electron chi connectivity index (χ0n) is 9.57. The zero-order valence-corrected chi connectivity index (χ0v) is 9.57. The molecule has 5 heteroatoms. The minimum atomic E-state index is -0.256. The molecule has 88 valence electrons. The largest absolute Gasteiger partial charge is 0.369 e. The maximum atomic E-state index is 10.9. The normalized spacial score (nSPS) is 26.8. The van der Waals surface area contributed by atoms with Crippen molar-refractivity contribution in [2.75, 3.05) is 19.6 Å². The standard InChI is InChI=1S/C11H18N4O/c1-11(9-3-5-13-14-9)4-2-6-15(8-11)7-10(12)16/h3,5H,2,4,6-8H2,1H3,(H2,12,16)(H,13,14). The van der Waals surface area contributed by atoms with E-state index in [0.717, 1.165) is 31.6 Å². The number of piperidine rings is 1. The van der Waals surface area contributed by atoms with E-state index in [2.05, 4.69) is 22.0 Å². The molecule has 1 aliphatic rings. The van der Waals surface area contributed by atoms with Crippen molar-refractivity contribution in [3.05, 3.63) is 18.0 Å². The lowest BCUT2D eigenvalue weighted by Gasteiger charge is -2.39. The van der Waals surface area contributed by atoms with Crippen LogP contribution in [0.1, 0.15) is 25.5 Å². The van der Waals surface area contributed by atoms with Crippen molar-refractivity contribution in [3.8, 4) is 0 Å². The number of nitrogens with zero attached hydrogens (tertiary/aromatic N) is 2. The molecule has 3 N–H and O–H groups in total. The van der Waals surface area contributed by atoms with Crippen LogP contribution < -0.4 is 5.73 Å². The van der Waals surface area contributed by atoms with Gasteiger partial charge >= 0.3 is 0 Å². The third kappa shape index (κ3) is 2.24. The summed E-state index contributed by atoms with van der Waals surface area (Å²) in [6.45, 7) is 4.36. The van der Waals surface area contributed by atoms with Gasteiger partial charge in [0.2, 0.25) is 5.91 Å². The molecular formula is C11H18N4O. The second kappa shape index (κ2) is 4.25. The molecule has 1 fully saturated rings. The first-order chi connectivity index (χ1) is 7.60. The van der Waals surface area contributed by atoms with E-state index in [9.17, 15) is 4.79 Å². The van der Waals surface area contributed by atoms with Crippen LogP contribution in [0, 0.1) is 0 Å². The summed E-state index contributed by atoms with van der Waals surface area (Å²) in [5.41, 5.74) is 6.43. The summed E-state index contributed by atoms with van der Waals surface area (Å²) in [5, 5.41) is 7.02. The van der Waals surface area contributed by atoms with E-state index in [4.69, 9.17) is 5.73 Å². The first kappa shape index (κ1) is 11.1. The Morgan fingerprint density at radius 1 is 1.75 bits per heavy atom. The number of aromatic nitrogens is 2. The Kier molecular flexibility index (Phi) is 2.96. The first-order valence-electron chi connectivity index (χ1n) is 5.61. The average molecular weight is 222 g/mol. The third-order valence-corrected chi connectivity index (χ3v) is 3.31. The van der Waals surface area contributed by atoms with Gasteiger partial charge in [0, 0.05) is 23.9 Å². The highest BCUT2D eigenvalue weighted by molar-refractivity contribution is 5.75. The zero-order chi connectivity index (χ0) is 11.6. The predicted octanol–water partition coefficient (Wildman–Crippen LogP) is 0.248. The van der Waals surface area contributed by atoms with E-state index in [-0.39, 0.29) is 11.3 Å². The van der Waals surface area contributed by atoms with Crippen LogP contribution in [0.2, 0.25) is 0 Å². The number of hydrogen-bond acceptors (Lipinski definition) is 3. The summed E-state index contributed by atoms with van der Waals surface area (Å²) in [4.78, 5) is 13.0. The number of H-pyrrole nitrogens is 1. The Labute approximate surface area is 95.0 Å². The second-order valence-corrected chi connectivity index (χ2v) is 4.81. The summed E-state index contributed by atoms with van der Waals surface area (Å²) in [6.07, 6.45) is 3.97. The number of nitrogens with two attached hydrogens (primary N) is 1. The molecule has 1 unspecified atom stereocenters. The third-order valence-electron chi connectivity index (χ3n) is 3.31. The monoisotopic (exact) mass is 222 g/mol. The molecular weight excluding hydrogens is 204 g/mol. The van der Waals surface area contributed by atoms with Gasteiger partial charge in [0.1, 0.15) is 0 Å². The fourth-order valence-corrected chi connectivity index (χ4v) is 2.51.